The number of allylic oxidation sites excluding steroid dienone is 2. The van der Waals surface area contributed by atoms with Crippen LogP contribution in [0, 0.1) is 0 Å². The maximum absolute atomic E-state index is 6.05. The molecular formula is C46H59N2O+. The summed E-state index contributed by atoms with van der Waals surface area (Å²) in [6, 6.07) is 30.4. The second-order valence-corrected chi connectivity index (χ2v) is 13.6. The van der Waals surface area contributed by atoms with Gasteiger partial charge in [-0.2, -0.15) is 0 Å². The summed E-state index contributed by atoms with van der Waals surface area (Å²) < 4.78 is 8.30. The minimum Gasteiger partial charge on any atom is -0.494 e. The maximum atomic E-state index is 6.05. The molecule has 0 aliphatic carbocycles. The van der Waals surface area contributed by atoms with Crippen LogP contribution in [0.4, 0.5) is 0 Å². The van der Waals surface area contributed by atoms with Crippen molar-refractivity contribution in [2.45, 2.75) is 84.6 Å². The van der Waals surface area contributed by atoms with Crippen molar-refractivity contribution in [1.82, 2.24) is 4.90 Å². The smallest absolute Gasteiger partial charge is 0.169 e. The molecule has 0 aliphatic heterocycles. The standard InChI is InChI=1S/C46H59N2O/c1-6-7-8-9-10-11-12-13-14-36-49-45-28-26-44(27-29-45)46(38(2)3)37-41-20-24-43(25-21-41)42-22-18-39(19-23-42)16-17-40-30-34-48(35-31-40)33-15-32-47(4)5/h16-31,34-35,37H,2,6-15,32-33,36H2,1,3-5H3/q+1/b17-16+,46-37+. The normalized spacial score (nSPS) is 11.8. The zero-order chi connectivity index (χ0) is 34.7. The van der Waals surface area contributed by atoms with Crippen LogP contribution in [0.1, 0.15) is 100 Å². The molecule has 1 aromatic heterocycles. The first-order chi connectivity index (χ1) is 23.9. The van der Waals surface area contributed by atoms with Crippen LogP contribution in [-0.2, 0) is 6.54 Å². The molecule has 0 aliphatic rings. The topological polar surface area (TPSA) is 16.4 Å². The first-order valence-corrected chi connectivity index (χ1v) is 18.5. The van der Waals surface area contributed by atoms with E-state index in [2.05, 4.69) is 160 Å². The van der Waals surface area contributed by atoms with E-state index >= 15 is 0 Å². The van der Waals surface area contributed by atoms with Gasteiger partial charge in [-0.1, -0.05) is 143 Å². The van der Waals surface area contributed by atoms with Crippen molar-refractivity contribution < 1.29 is 9.30 Å². The molecule has 0 unspecified atom stereocenters. The van der Waals surface area contributed by atoms with Gasteiger partial charge in [0, 0.05) is 25.1 Å². The van der Waals surface area contributed by atoms with Crippen molar-refractivity contribution in [2.24, 2.45) is 0 Å². The van der Waals surface area contributed by atoms with Gasteiger partial charge in [-0.15, -0.1) is 0 Å². The average molecular weight is 656 g/mol. The number of nitrogens with zero attached hydrogens (tertiary/aromatic N) is 2. The number of rotatable bonds is 21. The summed E-state index contributed by atoms with van der Waals surface area (Å²) in [5.74, 6) is 0.939. The Kier molecular flexibility index (Phi) is 16.1. The number of pyridine rings is 1. The molecule has 49 heavy (non-hydrogen) atoms. The van der Waals surface area contributed by atoms with Crippen molar-refractivity contribution in [1.29, 1.82) is 0 Å². The Morgan fingerprint density at radius 2 is 1.18 bits per heavy atom. The quantitative estimate of drug-likeness (QED) is 0.0384. The minimum absolute atomic E-state index is 0.787. The fourth-order valence-electron chi connectivity index (χ4n) is 6.00. The molecule has 3 heteroatoms. The number of ether oxygens (including phenoxy) is 1. The molecule has 3 nitrogen and oxygen atoms in total. The van der Waals surface area contributed by atoms with Gasteiger partial charge in [0.2, 0.25) is 0 Å². The third-order valence-corrected chi connectivity index (χ3v) is 9.01. The SMILES string of the molecule is C=C(C)/C(=C\c1ccc(-c2ccc(/C=C/c3cc[n+](CCCN(C)C)cc3)cc2)cc1)c1ccc(OCCCCCCCCCCC)cc1. The van der Waals surface area contributed by atoms with Crippen LogP contribution in [0.5, 0.6) is 5.75 Å². The Morgan fingerprint density at radius 3 is 1.73 bits per heavy atom. The molecule has 0 N–H and O–H groups in total. The zero-order valence-corrected chi connectivity index (χ0v) is 30.7. The molecular weight excluding hydrogens is 597 g/mol. The van der Waals surface area contributed by atoms with Crippen molar-refractivity contribution in [2.75, 3.05) is 27.2 Å². The van der Waals surface area contributed by atoms with Crippen LogP contribution in [0.25, 0.3) is 34.9 Å². The van der Waals surface area contributed by atoms with Crippen LogP contribution in [0.2, 0.25) is 0 Å². The lowest BCUT2D eigenvalue weighted by Crippen LogP contribution is -2.34. The van der Waals surface area contributed by atoms with Gasteiger partial charge < -0.3 is 9.64 Å². The Balaban J connectivity index is 1.26. The number of aryl methyl sites for hydroxylation is 1. The van der Waals surface area contributed by atoms with Gasteiger partial charge in [0.05, 0.1) is 6.61 Å². The molecule has 0 saturated carbocycles. The Hall–Kier alpha value is -4.21. The van der Waals surface area contributed by atoms with E-state index in [0.29, 0.717) is 0 Å². The molecule has 0 spiro atoms. The third-order valence-electron chi connectivity index (χ3n) is 9.01. The van der Waals surface area contributed by atoms with E-state index in [1.165, 1.54) is 73.6 Å². The van der Waals surface area contributed by atoms with Crippen LogP contribution in [0.15, 0.2) is 109 Å². The van der Waals surface area contributed by atoms with E-state index in [9.17, 15) is 0 Å². The second-order valence-electron chi connectivity index (χ2n) is 13.6. The van der Waals surface area contributed by atoms with Crippen molar-refractivity contribution >= 4 is 23.8 Å². The fraction of sp³-hybridized carbons (Fsp3) is 0.370. The van der Waals surface area contributed by atoms with Gasteiger partial charge in [-0.25, -0.2) is 4.57 Å². The van der Waals surface area contributed by atoms with Crippen LogP contribution in [-0.4, -0.2) is 32.1 Å². The van der Waals surface area contributed by atoms with E-state index in [1.54, 1.807) is 0 Å². The monoisotopic (exact) mass is 655 g/mol. The number of hydrogen-bond donors (Lipinski definition) is 0. The van der Waals surface area contributed by atoms with Crippen molar-refractivity contribution in [3.63, 3.8) is 0 Å². The van der Waals surface area contributed by atoms with E-state index in [-0.39, 0.29) is 0 Å². The molecule has 0 saturated heterocycles. The van der Waals surface area contributed by atoms with Gasteiger partial charge in [0.15, 0.2) is 12.4 Å². The summed E-state index contributed by atoms with van der Waals surface area (Å²) in [4.78, 5) is 2.23. The highest BCUT2D eigenvalue weighted by Crippen LogP contribution is 2.28. The molecule has 4 rings (SSSR count). The molecule has 0 fully saturated rings. The molecule has 0 atom stereocenters. The van der Waals surface area contributed by atoms with E-state index in [4.69, 9.17) is 4.74 Å². The lowest BCUT2D eigenvalue weighted by molar-refractivity contribution is -0.697. The summed E-state index contributed by atoms with van der Waals surface area (Å²) in [5.41, 5.74) is 9.33. The minimum atomic E-state index is 0.787. The number of hydrogen-bond acceptors (Lipinski definition) is 2. The van der Waals surface area contributed by atoms with Gasteiger partial charge in [0.25, 0.3) is 0 Å². The summed E-state index contributed by atoms with van der Waals surface area (Å²) in [6.07, 6.45) is 24.0. The second kappa shape index (κ2) is 21.0. The first kappa shape index (κ1) is 37.6. The predicted molar refractivity (Wildman–Crippen MR) is 212 cm³/mol. The highest BCUT2D eigenvalue weighted by molar-refractivity contribution is 5.90. The summed E-state index contributed by atoms with van der Waals surface area (Å²) in [5, 5.41) is 0. The lowest BCUT2D eigenvalue weighted by Gasteiger charge is -2.11. The summed E-state index contributed by atoms with van der Waals surface area (Å²) in [7, 11) is 4.24. The largest absolute Gasteiger partial charge is 0.494 e. The van der Waals surface area contributed by atoms with Crippen LogP contribution >= 0.6 is 0 Å². The highest BCUT2D eigenvalue weighted by Gasteiger charge is 2.06. The van der Waals surface area contributed by atoms with E-state index < -0.39 is 0 Å². The Bertz CT molecular complexity index is 1580. The lowest BCUT2D eigenvalue weighted by atomic mass is 9.96. The van der Waals surface area contributed by atoms with Gasteiger partial charge >= 0.3 is 0 Å². The third kappa shape index (κ3) is 13.7. The fourth-order valence-corrected chi connectivity index (χ4v) is 6.00. The van der Waals surface area contributed by atoms with Crippen molar-refractivity contribution in [3.05, 3.63) is 132 Å². The zero-order valence-electron chi connectivity index (χ0n) is 30.7. The van der Waals surface area contributed by atoms with E-state index in [0.717, 1.165) is 60.6 Å². The molecule has 258 valence electrons. The number of aromatic nitrogens is 1. The van der Waals surface area contributed by atoms with Gasteiger partial charge in [0.1, 0.15) is 12.3 Å². The molecule has 0 bridgehead atoms. The van der Waals surface area contributed by atoms with E-state index in [1.807, 2.05) is 0 Å². The average Bonchev–Trinajstić information content (AvgIpc) is 3.11. The Labute approximate surface area is 297 Å². The van der Waals surface area contributed by atoms with Gasteiger partial charge in [-0.05, 0) is 84.6 Å². The first-order valence-electron chi connectivity index (χ1n) is 18.5. The molecule has 0 amide bonds. The molecule has 4 aromatic rings. The van der Waals surface area contributed by atoms with Gasteiger partial charge in [-0.3, -0.25) is 0 Å². The summed E-state index contributed by atoms with van der Waals surface area (Å²) in [6.45, 7) is 11.6. The van der Waals surface area contributed by atoms with Crippen LogP contribution in [0.3, 0.4) is 0 Å². The maximum Gasteiger partial charge on any atom is 0.169 e. The summed E-state index contributed by atoms with van der Waals surface area (Å²) >= 11 is 0. The van der Waals surface area contributed by atoms with Crippen LogP contribution < -0.4 is 9.30 Å². The van der Waals surface area contributed by atoms with Crippen molar-refractivity contribution in [3.8, 4) is 16.9 Å². The molecule has 0 radical (unpaired) electrons. The number of benzene rings is 3. The number of unbranched alkanes of at least 4 members (excludes halogenated alkanes) is 8. The predicted octanol–water partition coefficient (Wildman–Crippen LogP) is 11.8. The molecule has 3 aromatic carbocycles. The highest BCUT2D eigenvalue weighted by atomic mass is 16.5. The Morgan fingerprint density at radius 1 is 0.653 bits per heavy atom. The molecule has 1 heterocycles.